The van der Waals surface area contributed by atoms with Gasteiger partial charge in [-0.1, -0.05) is 58.5 Å². The Morgan fingerprint density at radius 2 is 1.95 bits per heavy atom. The van der Waals surface area contributed by atoms with Crippen LogP contribution in [-0.4, -0.2) is 22.2 Å². The molecule has 0 spiro atoms. The fourth-order valence-corrected chi connectivity index (χ4v) is 3.46. The van der Waals surface area contributed by atoms with E-state index in [1.54, 1.807) is 6.07 Å². The number of rotatable bonds is 7. The van der Waals surface area contributed by atoms with Gasteiger partial charge >= 0.3 is 0 Å². The van der Waals surface area contributed by atoms with Crippen LogP contribution in [0.1, 0.15) is 37.0 Å². The smallest absolute Gasteiger partial charge is 0.271 e. The number of hydrogen-bond acceptors (Lipinski definition) is 3. The third-order valence-electron chi connectivity index (χ3n) is 3.37. The molecular formula is C14H18Br2N2O3. The number of nitrogens with one attached hydrogen (secondary N) is 1. The Morgan fingerprint density at radius 3 is 2.48 bits per heavy atom. The highest BCUT2D eigenvalue weighted by Crippen LogP contribution is 2.22. The molecule has 1 atom stereocenters. The molecule has 0 bridgehead atoms. The van der Waals surface area contributed by atoms with Crippen LogP contribution in [-0.2, 0) is 0 Å². The molecule has 0 aliphatic carbocycles. The van der Waals surface area contributed by atoms with Gasteiger partial charge in [0.1, 0.15) is 0 Å². The highest BCUT2D eigenvalue weighted by Gasteiger charge is 2.18. The van der Waals surface area contributed by atoms with Crippen molar-refractivity contribution in [3.63, 3.8) is 0 Å². The summed E-state index contributed by atoms with van der Waals surface area (Å²) < 4.78 is 0.511. The van der Waals surface area contributed by atoms with Gasteiger partial charge in [-0.15, -0.1) is 0 Å². The lowest BCUT2D eigenvalue weighted by molar-refractivity contribution is -0.385. The topological polar surface area (TPSA) is 72.2 Å². The van der Waals surface area contributed by atoms with E-state index in [2.05, 4.69) is 51.0 Å². The third-order valence-corrected chi connectivity index (χ3v) is 4.90. The largest absolute Gasteiger partial charge is 0.351 e. The second kappa shape index (κ2) is 8.48. The van der Waals surface area contributed by atoms with Crippen LogP contribution >= 0.6 is 31.9 Å². The van der Waals surface area contributed by atoms with Crippen LogP contribution < -0.4 is 5.32 Å². The molecule has 0 aliphatic rings. The molecule has 1 aromatic rings. The fourth-order valence-electron chi connectivity index (χ4n) is 2.07. The average Bonchev–Trinajstić information content (AvgIpc) is 2.45. The van der Waals surface area contributed by atoms with Crippen molar-refractivity contribution in [2.75, 3.05) is 6.54 Å². The lowest BCUT2D eigenvalue weighted by atomic mass is 9.99. The Kier molecular flexibility index (Phi) is 7.31. The van der Waals surface area contributed by atoms with Crippen LogP contribution in [0.2, 0.25) is 0 Å². The number of alkyl halides is 1. The molecule has 0 heterocycles. The number of non-ortho nitro benzene ring substituents is 1. The maximum Gasteiger partial charge on any atom is 0.271 e. The van der Waals surface area contributed by atoms with Crippen molar-refractivity contribution in [1.29, 1.82) is 0 Å². The van der Waals surface area contributed by atoms with Gasteiger partial charge in [0, 0.05) is 33.5 Å². The summed E-state index contributed by atoms with van der Waals surface area (Å²) in [6.07, 6.45) is 2.06. The predicted octanol–water partition coefficient (Wildman–Crippen LogP) is 4.29. The van der Waals surface area contributed by atoms with E-state index in [0.29, 0.717) is 16.9 Å². The van der Waals surface area contributed by atoms with Gasteiger partial charge in [0.15, 0.2) is 0 Å². The fraction of sp³-hybridized carbons (Fsp3) is 0.500. The molecule has 1 N–H and O–H groups in total. The molecule has 5 nitrogen and oxygen atoms in total. The molecule has 0 aliphatic heterocycles. The molecule has 0 aromatic heterocycles. The Morgan fingerprint density at radius 1 is 1.33 bits per heavy atom. The quantitative estimate of drug-likeness (QED) is 0.405. The molecule has 0 radical (unpaired) electrons. The van der Waals surface area contributed by atoms with E-state index in [4.69, 9.17) is 0 Å². The molecule has 0 saturated carbocycles. The van der Waals surface area contributed by atoms with Gasteiger partial charge in [-0.25, -0.2) is 0 Å². The van der Waals surface area contributed by atoms with E-state index in [0.717, 1.165) is 12.8 Å². The second-order valence-electron chi connectivity index (χ2n) is 4.76. The molecule has 1 rings (SSSR count). The van der Waals surface area contributed by atoms with Crippen LogP contribution in [0.3, 0.4) is 0 Å². The van der Waals surface area contributed by atoms with Crippen molar-refractivity contribution in [2.45, 2.75) is 31.5 Å². The predicted molar refractivity (Wildman–Crippen MR) is 89.9 cm³/mol. The van der Waals surface area contributed by atoms with E-state index in [1.165, 1.54) is 12.1 Å². The van der Waals surface area contributed by atoms with Gasteiger partial charge in [0.25, 0.3) is 11.6 Å². The van der Waals surface area contributed by atoms with Gasteiger partial charge in [-0.2, -0.15) is 0 Å². The van der Waals surface area contributed by atoms with Crippen molar-refractivity contribution in [2.24, 2.45) is 5.92 Å². The summed E-state index contributed by atoms with van der Waals surface area (Å²) in [6, 6.07) is 4.22. The number of nitro benzene ring substituents is 1. The summed E-state index contributed by atoms with van der Waals surface area (Å²) in [5, 5.41) is 13.6. The summed E-state index contributed by atoms with van der Waals surface area (Å²) in [5.41, 5.74) is 0.172. The lowest BCUT2D eigenvalue weighted by Crippen LogP contribution is -2.32. The van der Waals surface area contributed by atoms with Gasteiger partial charge in [0.05, 0.1) is 4.92 Å². The molecule has 0 saturated heterocycles. The SMILES string of the molecule is CCC(CC)C(Br)CNC(=O)c1cc(Br)cc([N+](=O)[O-])c1. The first-order valence-corrected chi connectivity index (χ1v) is 8.47. The van der Waals surface area contributed by atoms with E-state index in [-0.39, 0.29) is 22.0 Å². The zero-order valence-corrected chi connectivity index (χ0v) is 15.1. The highest BCUT2D eigenvalue weighted by molar-refractivity contribution is 9.10. The van der Waals surface area contributed by atoms with Crippen molar-refractivity contribution in [1.82, 2.24) is 5.32 Å². The van der Waals surface area contributed by atoms with E-state index in [9.17, 15) is 14.9 Å². The Balaban J connectivity index is 2.74. The van der Waals surface area contributed by atoms with E-state index in [1.807, 2.05) is 0 Å². The lowest BCUT2D eigenvalue weighted by Gasteiger charge is -2.19. The van der Waals surface area contributed by atoms with Crippen LogP contribution in [0, 0.1) is 16.0 Å². The van der Waals surface area contributed by atoms with Crippen molar-refractivity contribution in [3.8, 4) is 0 Å². The minimum atomic E-state index is -0.515. The summed E-state index contributed by atoms with van der Waals surface area (Å²) in [4.78, 5) is 22.6. The molecule has 1 unspecified atom stereocenters. The average molecular weight is 422 g/mol. The number of nitro groups is 1. The van der Waals surface area contributed by atoms with Crippen LogP contribution in [0.4, 0.5) is 5.69 Å². The van der Waals surface area contributed by atoms with Gasteiger partial charge in [-0.05, 0) is 12.0 Å². The van der Waals surface area contributed by atoms with Gasteiger partial charge in [-0.3, -0.25) is 14.9 Å². The van der Waals surface area contributed by atoms with E-state index >= 15 is 0 Å². The maximum atomic E-state index is 12.1. The summed E-state index contributed by atoms with van der Waals surface area (Å²) >= 11 is 6.77. The highest BCUT2D eigenvalue weighted by atomic mass is 79.9. The van der Waals surface area contributed by atoms with Crippen LogP contribution in [0.15, 0.2) is 22.7 Å². The van der Waals surface area contributed by atoms with Gasteiger partial charge < -0.3 is 5.32 Å². The second-order valence-corrected chi connectivity index (χ2v) is 6.85. The van der Waals surface area contributed by atoms with Crippen LogP contribution in [0.25, 0.3) is 0 Å². The first kappa shape index (κ1) is 18.1. The molecule has 1 amide bonds. The van der Waals surface area contributed by atoms with Gasteiger partial charge in [0.2, 0.25) is 0 Å². The van der Waals surface area contributed by atoms with Crippen molar-refractivity contribution < 1.29 is 9.72 Å². The number of benzene rings is 1. The summed E-state index contributed by atoms with van der Waals surface area (Å²) in [5.74, 6) is 0.178. The normalized spacial score (nSPS) is 12.2. The summed E-state index contributed by atoms with van der Waals surface area (Å²) in [7, 11) is 0. The number of carbonyl (C=O) groups is 1. The zero-order chi connectivity index (χ0) is 16.0. The summed E-state index contributed by atoms with van der Waals surface area (Å²) in [6.45, 7) is 4.72. The molecule has 21 heavy (non-hydrogen) atoms. The first-order valence-electron chi connectivity index (χ1n) is 6.76. The number of hydrogen-bond donors (Lipinski definition) is 1. The number of carbonyl (C=O) groups excluding carboxylic acids is 1. The molecule has 1 aromatic carbocycles. The minimum absolute atomic E-state index is 0.107. The van der Waals surface area contributed by atoms with Crippen molar-refractivity contribution in [3.05, 3.63) is 38.3 Å². The Labute approximate surface area is 140 Å². The monoisotopic (exact) mass is 420 g/mol. The molecule has 7 heteroatoms. The first-order chi connectivity index (χ1) is 9.88. The minimum Gasteiger partial charge on any atom is -0.351 e. The number of halogens is 2. The Hall–Kier alpha value is -0.950. The number of amides is 1. The maximum absolute atomic E-state index is 12.1. The Bertz CT molecular complexity index is 519. The standard InChI is InChI=1S/C14H18Br2N2O3/c1-3-9(4-2)13(16)8-17-14(19)10-5-11(15)7-12(6-10)18(20)21/h5-7,9,13H,3-4,8H2,1-2H3,(H,17,19). The molecule has 116 valence electrons. The molecular weight excluding hydrogens is 404 g/mol. The van der Waals surface area contributed by atoms with E-state index < -0.39 is 4.92 Å². The molecule has 0 fully saturated rings. The van der Waals surface area contributed by atoms with Crippen LogP contribution in [0.5, 0.6) is 0 Å². The van der Waals surface area contributed by atoms with Crippen molar-refractivity contribution >= 4 is 43.5 Å². The zero-order valence-electron chi connectivity index (χ0n) is 11.9. The third kappa shape index (κ3) is 5.39. The number of nitrogens with zero attached hydrogens (tertiary/aromatic N) is 1.